The smallest absolute Gasteiger partial charge is 0.156 e. The molecule has 2 aliphatic heterocycles. The predicted molar refractivity (Wildman–Crippen MR) is 74.5 cm³/mol. The highest BCUT2D eigenvalue weighted by Crippen LogP contribution is 2.27. The van der Waals surface area contributed by atoms with Gasteiger partial charge in [0.05, 0.1) is 10.5 Å². The van der Waals surface area contributed by atoms with Gasteiger partial charge in [0.1, 0.15) is 0 Å². The minimum Gasteiger partial charge on any atom is -0.311 e. The first-order chi connectivity index (χ1) is 8.31. The number of sulfone groups is 1. The standard InChI is InChI=1S/C13H26N2O2S/c1-13(2,3)18(16,17)10-7-14-11-6-9-15-8-4-5-12(11)15/h11-12,14H,4-10H2,1-3H3. The molecule has 18 heavy (non-hydrogen) atoms. The lowest BCUT2D eigenvalue weighted by molar-refractivity contribution is 0.300. The molecule has 0 spiro atoms. The van der Waals surface area contributed by atoms with Crippen LogP contribution in [0.3, 0.4) is 0 Å². The van der Waals surface area contributed by atoms with Crippen molar-refractivity contribution in [2.75, 3.05) is 25.4 Å². The molecule has 4 nitrogen and oxygen atoms in total. The van der Waals surface area contributed by atoms with Crippen molar-refractivity contribution < 1.29 is 8.42 Å². The highest BCUT2D eigenvalue weighted by atomic mass is 32.2. The molecule has 2 atom stereocenters. The van der Waals surface area contributed by atoms with Crippen LogP contribution >= 0.6 is 0 Å². The topological polar surface area (TPSA) is 49.4 Å². The van der Waals surface area contributed by atoms with E-state index < -0.39 is 14.6 Å². The second-order valence-electron chi connectivity index (χ2n) is 6.53. The summed E-state index contributed by atoms with van der Waals surface area (Å²) in [5.41, 5.74) is 0. The summed E-state index contributed by atoms with van der Waals surface area (Å²) in [5, 5.41) is 3.46. The van der Waals surface area contributed by atoms with Gasteiger partial charge in [-0.2, -0.15) is 0 Å². The molecule has 0 bridgehead atoms. The van der Waals surface area contributed by atoms with Gasteiger partial charge in [0, 0.05) is 25.2 Å². The highest BCUT2D eigenvalue weighted by molar-refractivity contribution is 7.92. The summed E-state index contributed by atoms with van der Waals surface area (Å²) < 4.78 is 23.4. The molecule has 2 aliphatic rings. The third kappa shape index (κ3) is 2.89. The van der Waals surface area contributed by atoms with Crippen molar-refractivity contribution in [2.45, 2.75) is 56.9 Å². The quantitative estimate of drug-likeness (QED) is 0.832. The normalized spacial score (nSPS) is 29.7. The maximum Gasteiger partial charge on any atom is 0.156 e. The van der Waals surface area contributed by atoms with Crippen LogP contribution in [0.15, 0.2) is 0 Å². The molecule has 0 aromatic heterocycles. The Kier molecular flexibility index (Phi) is 4.04. The molecule has 0 aliphatic carbocycles. The van der Waals surface area contributed by atoms with Gasteiger partial charge < -0.3 is 5.32 Å². The Morgan fingerprint density at radius 2 is 1.94 bits per heavy atom. The first-order valence-electron chi connectivity index (χ1n) is 7.01. The molecular formula is C13H26N2O2S. The molecule has 2 rings (SSSR count). The van der Waals surface area contributed by atoms with E-state index in [1.54, 1.807) is 20.8 Å². The Morgan fingerprint density at radius 3 is 2.61 bits per heavy atom. The molecule has 2 fully saturated rings. The van der Waals surface area contributed by atoms with Crippen LogP contribution in [0.5, 0.6) is 0 Å². The van der Waals surface area contributed by atoms with E-state index in [0.29, 0.717) is 18.6 Å². The second kappa shape index (κ2) is 5.10. The number of nitrogens with one attached hydrogen (secondary N) is 1. The van der Waals surface area contributed by atoms with Gasteiger partial charge >= 0.3 is 0 Å². The molecule has 0 saturated carbocycles. The van der Waals surface area contributed by atoms with Crippen molar-refractivity contribution in [1.82, 2.24) is 10.2 Å². The van der Waals surface area contributed by atoms with Crippen LogP contribution in [-0.2, 0) is 9.84 Å². The average Bonchev–Trinajstić information content (AvgIpc) is 2.80. The zero-order valence-electron chi connectivity index (χ0n) is 11.8. The van der Waals surface area contributed by atoms with E-state index in [0.717, 1.165) is 0 Å². The summed E-state index contributed by atoms with van der Waals surface area (Å²) in [6, 6.07) is 1.16. The van der Waals surface area contributed by atoms with E-state index in [-0.39, 0.29) is 5.75 Å². The van der Waals surface area contributed by atoms with Crippen LogP contribution in [0.25, 0.3) is 0 Å². The Bertz CT molecular complexity index is 386. The molecule has 2 saturated heterocycles. The molecule has 1 N–H and O–H groups in total. The Labute approximate surface area is 111 Å². The van der Waals surface area contributed by atoms with E-state index in [4.69, 9.17) is 0 Å². The molecule has 0 aromatic carbocycles. The van der Waals surface area contributed by atoms with Gasteiger partial charge in [-0.15, -0.1) is 0 Å². The van der Waals surface area contributed by atoms with Gasteiger partial charge in [0.2, 0.25) is 0 Å². The third-order valence-corrected chi connectivity index (χ3v) is 6.92. The molecule has 5 heteroatoms. The summed E-state index contributed by atoms with van der Waals surface area (Å²) in [7, 11) is -2.99. The summed E-state index contributed by atoms with van der Waals surface area (Å²) in [6.45, 7) is 8.32. The van der Waals surface area contributed by atoms with Crippen LogP contribution in [0.4, 0.5) is 0 Å². The minimum atomic E-state index is -2.99. The zero-order chi connectivity index (χ0) is 13.4. The van der Waals surface area contributed by atoms with E-state index in [2.05, 4.69) is 10.2 Å². The highest BCUT2D eigenvalue weighted by Gasteiger charge is 2.37. The maximum atomic E-state index is 12.0. The largest absolute Gasteiger partial charge is 0.311 e. The SMILES string of the molecule is CC(C)(C)S(=O)(=O)CCNC1CCN2CCCC12. The fourth-order valence-electron chi connectivity index (χ4n) is 3.01. The fraction of sp³-hybridized carbons (Fsp3) is 1.00. The van der Waals surface area contributed by atoms with Crippen molar-refractivity contribution in [3.8, 4) is 0 Å². The van der Waals surface area contributed by atoms with Crippen LogP contribution in [0.1, 0.15) is 40.0 Å². The number of hydrogen-bond donors (Lipinski definition) is 1. The van der Waals surface area contributed by atoms with E-state index >= 15 is 0 Å². The van der Waals surface area contributed by atoms with Crippen molar-refractivity contribution in [3.63, 3.8) is 0 Å². The molecule has 0 radical (unpaired) electrons. The van der Waals surface area contributed by atoms with Gasteiger partial charge in [0.15, 0.2) is 9.84 Å². The first-order valence-corrected chi connectivity index (χ1v) is 8.66. The lowest BCUT2D eigenvalue weighted by Crippen LogP contribution is -2.42. The molecule has 0 aromatic rings. The first kappa shape index (κ1) is 14.3. The fourth-order valence-corrected chi connectivity index (χ4v) is 4.00. The van der Waals surface area contributed by atoms with Crippen molar-refractivity contribution in [2.24, 2.45) is 0 Å². The number of fused-ring (bicyclic) bond motifs is 1. The van der Waals surface area contributed by atoms with Gasteiger partial charge in [-0.3, -0.25) is 4.90 Å². The van der Waals surface area contributed by atoms with Crippen LogP contribution in [0, 0.1) is 0 Å². The van der Waals surface area contributed by atoms with Crippen molar-refractivity contribution >= 4 is 9.84 Å². The maximum absolute atomic E-state index is 12.0. The van der Waals surface area contributed by atoms with Gasteiger partial charge in [0.25, 0.3) is 0 Å². The summed E-state index contributed by atoms with van der Waals surface area (Å²) in [5.74, 6) is 0.250. The van der Waals surface area contributed by atoms with E-state index in [9.17, 15) is 8.42 Å². The zero-order valence-corrected chi connectivity index (χ0v) is 12.6. The second-order valence-corrected chi connectivity index (χ2v) is 9.39. The van der Waals surface area contributed by atoms with Gasteiger partial charge in [-0.25, -0.2) is 8.42 Å². The third-order valence-electron chi connectivity index (χ3n) is 4.32. The predicted octanol–water partition coefficient (Wildman–Crippen LogP) is 1.03. The number of nitrogens with zero attached hydrogens (tertiary/aromatic N) is 1. The summed E-state index contributed by atoms with van der Waals surface area (Å²) in [6.07, 6.45) is 3.73. The van der Waals surface area contributed by atoms with Gasteiger partial charge in [-0.05, 0) is 46.6 Å². The monoisotopic (exact) mass is 274 g/mol. The molecule has 0 amide bonds. The minimum absolute atomic E-state index is 0.250. The number of hydrogen-bond acceptors (Lipinski definition) is 4. The molecule has 2 unspecified atom stereocenters. The van der Waals surface area contributed by atoms with Crippen molar-refractivity contribution in [1.29, 1.82) is 0 Å². The molecular weight excluding hydrogens is 248 g/mol. The van der Waals surface area contributed by atoms with Crippen molar-refractivity contribution in [3.05, 3.63) is 0 Å². The van der Waals surface area contributed by atoms with Crippen LogP contribution in [-0.4, -0.2) is 55.5 Å². The van der Waals surface area contributed by atoms with Gasteiger partial charge in [-0.1, -0.05) is 0 Å². The lowest BCUT2D eigenvalue weighted by Gasteiger charge is -2.23. The van der Waals surface area contributed by atoms with Crippen LogP contribution < -0.4 is 5.32 Å². The average molecular weight is 274 g/mol. The Hall–Kier alpha value is -0.130. The number of rotatable bonds is 4. The molecule has 2 heterocycles. The molecule has 106 valence electrons. The Morgan fingerprint density at radius 1 is 1.22 bits per heavy atom. The summed E-state index contributed by atoms with van der Waals surface area (Å²) >= 11 is 0. The summed E-state index contributed by atoms with van der Waals surface area (Å²) in [4.78, 5) is 2.54. The Balaban J connectivity index is 1.80. The van der Waals surface area contributed by atoms with E-state index in [1.165, 1.54) is 32.4 Å². The van der Waals surface area contributed by atoms with Crippen LogP contribution in [0.2, 0.25) is 0 Å². The van der Waals surface area contributed by atoms with E-state index in [1.807, 2.05) is 0 Å². The lowest BCUT2D eigenvalue weighted by atomic mass is 10.1.